The molecule has 0 aliphatic carbocycles. The van der Waals surface area contributed by atoms with Crippen molar-refractivity contribution in [2.75, 3.05) is 13.7 Å². The summed E-state index contributed by atoms with van der Waals surface area (Å²) in [6, 6.07) is 3.87. The molecule has 0 aliphatic rings. The Morgan fingerprint density at radius 3 is 2.71 bits per heavy atom. The SMILES string of the molecule is COc1c(CCCN)ccc(C)c1O. The van der Waals surface area contributed by atoms with E-state index in [9.17, 15) is 5.11 Å². The molecule has 0 saturated heterocycles. The number of methoxy groups -OCH3 is 1. The molecule has 0 atom stereocenters. The number of hydrogen-bond donors (Lipinski definition) is 2. The van der Waals surface area contributed by atoms with Gasteiger partial charge in [-0.1, -0.05) is 12.1 Å². The molecular formula is C11H17NO2. The van der Waals surface area contributed by atoms with E-state index in [1.807, 2.05) is 19.1 Å². The van der Waals surface area contributed by atoms with Crippen LogP contribution < -0.4 is 10.5 Å². The van der Waals surface area contributed by atoms with Gasteiger partial charge in [0.2, 0.25) is 0 Å². The number of phenolic OH excluding ortho intramolecular Hbond substituents is 1. The van der Waals surface area contributed by atoms with Crippen LogP contribution in [0.4, 0.5) is 0 Å². The number of aryl methyl sites for hydroxylation is 2. The first-order valence-corrected chi connectivity index (χ1v) is 4.76. The Balaban J connectivity index is 2.98. The summed E-state index contributed by atoms with van der Waals surface area (Å²) in [7, 11) is 1.57. The van der Waals surface area contributed by atoms with E-state index in [1.54, 1.807) is 7.11 Å². The Morgan fingerprint density at radius 1 is 1.43 bits per heavy atom. The quantitative estimate of drug-likeness (QED) is 0.767. The van der Waals surface area contributed by atoms with E-state index in [2.05, 4.69) is 0 Å². The van der Waals surface area contributed by atoms with Gasteiger partial charge in [0.05, 0.1) is 7.11 Å². The molecule has 0 unspecified atom stereocenters. The highest BCUT2D eigenvalue weighted by Crippen LogP contribution is 2.33. The molecule has 3 N–H and O–H groups in total. The van der Waals surface area contributed by atoms with Gasteiger partial charge in [-0.15, -0.1) is 0 Å². The third-order valence-electron chi connectivity index (χ3n) is 2.27. The van der Waals surface area contributed by atoms with Crippen LogP contribution in [0.2, 0.25) is 0 Å². The maximum absolute atomic E-state index is 9.72. The van der Waals surface area contributed by atoms with Crippen molar-refractivity contribution in [1.29, 1.82) is 0 Å². The molecule has 0 amide bonds. The monoisotopic (exact) mass is 195 g/mol. The molecule has 0 saturated carbocycles. The first-order valence-electron chi connectivity index (χ1n) is 4.76. The molecule has 0 fully saturated rings. The summed E-state index contributed by atoms with van der Waals surface area (Å²) in [5.41, 5.74) is 7.28. The number of phenols is 1. The number of nitrogens with two attached hydrogens (primary N) is 1. The summed E-state index contributed by atoms with van der Waals surface area (Å²) in [5.74, 6) is 0.820. The third-order valence-corrected chi connectivity index (χ3v) is 2.27. The molecule has 1 aromatic carbocycles. The Labute approximate surface area is 84.5 Å². The predicted molar refractivity (Wildman–Crippen MR) is 56.8 cm³/mol. The predicted octanol–water partition coefficient (Wildman–Crippen LogP) is 1.60. The summed E-state index contributed by atoms with van der Waals surface area (Å²) in [5, 5.41) is 9.72. The molecule has 0 heterocycles. The number of hydrogen-bond acceptors (Lipinski definition) is 3. The zero-order valence-corrected chi connectivity index (χ0v) is 8.71. The van der Waals surface area contributed by atoms with Crippen LogP contribution >= 0.6 is 0 Å². The number of aromatic hydroxyl groups is 1. The van der Waals surface area contributed by atoms with E-state index < -0.39 is 0 Å². The minimum absolute atomic E-state index is 0.238. The molecule has 0 bridgehead atoms. The lowest BCUT2D eigenvalue weighted by molar-refractivity contribution is 0.367. The zero-order chi connectivity index (χ0) is 10.6. The van der Waals surface area contributed by atoms with Crippen molar-refractivity contribution in [2.45, 2.75) is 19.8 Å². The van der Waals surface area contributed by atoms with Crippen LogP contribution in [0.15, 0.2) is 12.1 Å². The highest BCUT2D eigenvalue weighted by molar-refractivity contribution is 5.50. The van der Waals surface area contributed by atoms with Crippen LogP contribution in [0.5, 0.6) is 11.5 Å². The van der Waals surface area contributed by atoms with Crippen LogP contribution in [0.1, 0.15) is 17.5 Å². The summed E-state index contributed by atoms with van der Waals surface area (Å²) in [6.45, 7) is 2.50. The van der Waals surface area contributed by atoms with Crippen molar-refractivity contribution < 1.29 is 9.84 Å². The number of ether oxygens (including phenoxy) is 1. The van der Waals surface area contributed by atoms with Crippen LogP contribution in [0, 0.1) is 6.92 Å². The molecule has 0 radical (unpaired) electrons. The van der Waals surface area contributed by atoms with Crippen LogP contribution in [-0.2, 0) is 6.42 Å². The largest absolute Gasteiger partial charge is 0.504 e. The van der Waals surface area contributed by atoms with Crippen LogP contribution in [-0.4, -0.2) is 18.8 Å². The average Bonchev–Trinajstić information content (AvgIpc) is 2.20. The van der Waals surface area contributed by atoms with Gasteiger partial charge in [0, 0.05) is 0 Å². The summed E-state index contributed by atoms with van der Waals surface area (Å²) in [4.78, 5) is 0. The van der Waals surface area contributed by atoms with Crippen molar-refractivity contribution >= 4 is 0 Å². The standard InChI is InChI=1S/C11H17NO2/c1-8-5-6-9(4-3-7-12)11(14-2)10(8)13/h5-6,13H,3-4,7,12H2,1-2H3. The van der Waals surface area contributed by atoms with Crippen molar-refractivity contribution in [2.24, 2.45) is 5.73 Å². The number of rotatable bonds is 4. The lowest BCUT2D eigenvalue weighted by Gasteiger charge is -2.11. The summed E-state index contributed by atoms with van der Waals surface area (Å²) in [6.07, 6.45) is 1.74. The van der Waals surface area contributed by atoms with E-state index >= 15 is 0 Å². The van der Waals surface area contributed by atoms with Crippen LogP contribution in [0.3, 0.4) is 0 Å². The lowest BCUT2D eigenvalue weighted by atomic mass is 10.1. The fourth-order valence-corrected chi connectivity index (χ4v) is 1.43. The van der Waals surface area contributed by atoms with E-state index in [0.29, 0.717) is 12.3 Å². The Morgan fingerprint density at radius 2 is 2.14 bits per heavy atom. The Hall–Kier alpha value is -1.22. The van der Waals surface area contributed by atoms with Gasteiger partial charge in [0.1, 0.15) is 0 Å². The van der Waals surface area contributed by atoms with Gasteiger partial charge < -0.3 is 15.6 Å². The van der Waals surface area contributed by atoms with Gasteiger partial charge in [-0.3, -0.25) is 0 Å². The van der Waals surface area contributed by atoms with E-state index in [-0.39, 0.29) is 5.75 Å². The topological polar surface area (TPSA) is 55.5 Å². The normalized spacial score (nSPS) is 10.2. The third kappa shape index (κ3) is 2.17. The highest BCUT2D eigenvalue weighted by Gasteiger charge is 2.09. The molecule has 14 heavy (non-hydrogen) atoms. The summed E-state index contributed by atoms with van der Waals surface area (Å²) >= 11 is 0. The van der Waals surface area contributed by atoms with Crippen molar-refractivity contribution in [3.63, 3.8) is 0 Å². The zero-order valence-electron chi connectivity index (χ0n) is 8.71. The van der Waals surface area contributed by atoms with E-state index in [1.165, 1.54) is 0 Å². The van der Waals surface area contributed by atoms with Gasteiger partial charge >= 0.3 is 0 Å². The number of benzene rings is 1. The molecule has 0 spiro atoms. The highest BCUT2D eigenvalue weighted by atomic mass is 16.5. The lowest BCUT2D eigenvalue weighted by Crippen LogP contribution is -2.02. The fraction of sp³-hybridized carbons (Fsp3) is 0.455. The van der Waals surface area contributed by atoms with E-state index in [4.69, 9.17) is 10.5 Å². The van der Waals surface area contributed by atoms with Crippen molar-refractivity contribution in [3.05, 3.63) is 23.3 Å². The molecule has 3 heteroatoms. The molecule has 0 aromatic heterocycles. The maximum atomic E-state index is 9.72. The smallest absolute Gasteiger partial charge is 0.163 e. The minimum Gasteiger partial charge on any atom is -0.504 e. The Kier molecular flexibility index (Phi) is 3.77. The van der Waals surface area contributed by atoms with E-state index in [0.717, 1.165) is 24.0 Å². The molecule has 3 nitrogen and oxygen atoms in total. The van der Waals surface area contributed by atoms with Gasteiger partial charge in [0.15, 0.2) is 11.5 Å². The first-order chi connectivity index (χ1) is 6.70. The molecule has 1 rings (SSSR count). The molecule has 1 aromatic rings. The molecular weight excluding hydrogens is 178 g/mol. The van der Waals surface area contributed by atoms with Crippen molar-refractivity contribution in [1.82, 2.24) is 0 Å². The fourth-order valence-electron chi connectivity index (χ4n) is 1.43. The Bertz CT molecular complexity index is 310. The average molecular weight is 195 g/mol. The van der Waals surface area contributed by atoms with Crippen LogP contribution in [0.25, 0.3) is 0 Å². The summed E-state index contributed by atoms with van der Waals surface area (Å²) < 4.78 is 5.16. The minimum atomic E-state index is 0.238. The van der Waals surface area contributed by atoms with Gasteiger partial charge in [-0.25, -0.2) is 0 Å². The molecule has 0 aliphatic heterocycles. The first kappa shape index (κ1) is 10.9. The maximum Gasteiger partial charge on any atom is 0.163 e. The second-order valence-electron chi connectivity index (χ2n) is 3.32. The molecule has 78 valence electrons. The van der Waals surface area contributed by atoms with Gasteiger partial charge in [0.25, 0.3) is 0 Å². The second-order valence-corrected chi connectivity index (χ2v) is 3.32. The second kappa shape index (κ2) is 4.86. The van der Waals surface area contributed by atoms with Gasteiger partial charge in [-0.2, -0.15) is 0 Å². The van der Waals surface area contributed by atoms with Crippen molar-refractivity contribution in [3.8, 4) is 11.5 Å². The van der Waals surface area contributed by atoms with Gasteiger partial charge in [-0.05, 0) is 37.4 Å².